The lowest BCUT2D eigenvalue weighted by Crippen LogP contribution is -2.06. The molecule has 1 aromatic heterocycles. The van der Waals surface area contributed by atoms with Crippen LogP contribution in [-0.2, 0) is 18.7 Å². The van der Waals surface area contributed by atoms with E-state index in [9.17, 15) is 0 Å². The highest BCUT2D eigenvalue weighted by Gasteiger charge is 2.14. The second-order valence-corrected chi connectivity index (χ2v) is 5.59. The number of thioether (sulfide) groups is 1. The number of halogens is 1. The Morgan fingerprint density at radius 1 is 1.47 bits per heavy atom. The molecular formula is C12H21ClN2OS. The molecule has 0 aliphatic heterocycles. The highest BCUT2D eigenvalue weighted by molar-refractivity contribution is 7.98. The predicted molar refractivity (Wildman–Crippen MR) is 74.7 cm³/mol. The van der Waals surface area contributed by atoms with Crippen LogP contribution in [0, 0.1) is 5.92 Å². The molecule has 0 spiro atoms. The van der Waals surface area contributed by atoms with E-state index < -0.39 is 0 Å². The summed E-state index contributed by atoms with van der Waals surface area (Å²) in [5, 5.41) is 14.3. The number of nitrogens with zero attached hydrogens (tertiary/aromatic N) is 2. The van der Waals surface area contributed by atoms with Crippen molar-refractivity contribution in [3.63, 3.8) is 0 Å². The van der Waals surface area contributed by atoms with E-state index in [4.69, 9.17) is 16.7 Å². The van der Waals surface area contributed by atoms with E-state index in [2.05, 4.69) is 18.9 Å². The number of rotatable bonds is 7. The third kappa shape index (κ3) is 3.90. The first-order valence-corrected chi connectivity index (χ1v) is 7.59. The van der Waals surface area contributed by atoms with Gasteiger partial charge in [-0.15, -0.1) is 0 Å². The Bertz CT molecular complexity index is 355. The van der Waals surface area contributed by atoms with Gasteiger partial charge < -0.3 is 5.11 Å². The van der Waals surface area contributed by atoms with Crippen LogP contribution in [0.5, 0.6) is 0 Å². The quantitative estimate of drug-likeness (QED) is 0.832. The topological polar surface area (TPSA) is 38.0 Å². The normalized spacial score (nSPS) is 13.0. The fourth-order valence-corrected chi connectivity index (χ4v) is 3.09. The monoisotopic (exact) mass is 276 g/mol. The van der Waals surface area contributed by atoms with Crippen LogP contribution >= 0.6 is 23.4 Å². The van der Waals surface area contributed by atoms with E-state index in [-0.39, 0.29) is 6.61 Å². The van der Waals surface area contributed by atoms with Crippen molar-refractivity contribution in [2.24, 2.45) is 5.92 Å². The lowest BCUT2D eigenvalue weighted by Gasteiger charge is -2.08. The first kappa shape index (κ1) is 14.9. The van der Waals surface area contributed by atoms with Crippen molar-refractivity contribution in [2.75, 3.05) is 12.4 Å². The Morgan fingerprint density at radius 2 is 2.18 bits per heavy atom. The Morgan fingerprint density at radius 3 is 2.71 bits per heavy atom. The van der Waals surface area contributed by atoms with Crippen molar-refractivity contribution < 1.29 is 5.11 Å². The van der Waals surface area contributed by atoms with E-state index in [1.165, 1.54) is 0 Å². The molecule has 0 aromatic carbocycles. The van der Waals surface area contributed by atoms with Crippen molar-refractivity contribution in [1.82, 2.24) is 9.78 Å². The lowest BCUT2D eigenvalue weighted by atomic mass is 10.2. The van der Waals surface area contributed by atoms with E-state index in [0.29, 0.717) is 5.92 Å². The van der Waals surface area contributed by atoms with Crippen LogP contribution in [0.4, 0.5) is 0 Å². The SMILES string of the molecule is CCc1nn(CC)c(CSCC(C)CO)c1Cl. The summed E-state index contributed by atoms with van der Waals surface area (Å²) in [4.78, 5) is 0. The third-order valence-corrected chi connectivity index (χ3v) is 4.37. The molecule has 0 saturated heterocycles. The molecule has 1 rings (SSSR count). The van der Waals surface area contributed by atoms with E-state index >= 15 is 0 Å². The van der Waals surface area contributed by atoms with Crippen LogP contribution in [-0.4, -0.2) is 27.2 Å². The molecule has 0 aliphatic rings. The Labute approximate surface area is 113 Å². The Kier molecular flexibility index (Phi) is 6.38. The molecule has 0 amide bonds. The van der Waals surface area contributed by atoms with Gasteiger partial charge in [-0.2, -0.15) is 16.9 Å². The summed E-state index contributed by atoms with van der Waals surface area (Å²) in [7, 11) is 0. The second kappa shape index (κ2) is 7.29. The van der Waals surface area contributed by atoms with E-state index in [0.717, 1.165) is 40.9 Å². The van der Waals surface area contributed by atoms with Crippen molar-refractivity contribution in [1.29, 1.82) is 0 Å². The predicted octanol–water partition coefficient (Wildman–Crippen LogP) is 2.98. The van der Waals surface area contributed by atoms with Gasteiger partial charge in [-0.25, -0.2) is 0 Å². The molecular weight excluding hydrogens is 256 g/mol. The first-order valence-electron chi connectivity index (χ1n) is 6.06. The van der Waals surface area contributed by atoms with Gasteiger partial charge in [0, 0.05) is 18.9 Å². The molecule has 3 nitrogen and oxygen atoms in total. The number of aromatic nitrogens is 2. The maximum Gasteiger partial charge on any atom is 0.0858 e. The van der Waals surface area contributed by atoms with E-state index in [1.807, 2.05) is 11.6 Å². The van der Waals surface area contributed by atoms with Gasteiger partial charge in [0.25, 0.3) is 0 Å². The number of hydrogen-bond donors (Lipinski definition) is 1. The highest BCUT2D eigenvalue weighted by Crippen LogP contribution is 2.26. The molecule has 17 heavy (non-hydrogen) atoms. The highest BCUT2D eigenvalue weighted by atomic mass is 35.5. The zero-order valence-corrected chi connectivity index (χ0v) is 12.3. The molecule has 0 saturated carbocycles. The van der Waals surface area contributed by atoms with Gasteiger partial charge >= 0.3 is 0 Å². The average Bonchev–Trinajstić information content (AvgIpc) is 2.65. The van der Waals surface area contributed by atoms with E-state index in [1.54, 1.807) is 11.8 Å². The number of aliphatic hydroxyl groups excluding tert-OH is 1. The minimum atomic E-state index is 0.244. The molecule has 0 aliphatic carbocycles. The van der Waals surface area contributed by atoms with Gasteiger partial charge in [0.05, 0.1) is 16.4 Å². The summed E-state index contributed by atoms with van der Waals surface area (Å²) in [5.41, 5.74) is 2.10. The van der Waals surface area contributed by atoms with Gasteiger partial charge in [-0.1, -0.05) is 25.4 Å². The van der Waals surface area contributed by atoms with Gasteiger partial charge in [0.15, 0.2) is 0 Å². The maximum atomic E-state index is 8.97. The zero-order chi connectivity index (χ0) is 12.8. The number of aryl methyl sites for hydroxylation is 2. The molecule has 0 radical (unpaired) electrons. The Balaban J connectivity index is 2.66. The van der Waals surface area contributed by atoms with Crippen molar-refractivity contribution >= 4 is 23.4 Å². The summed E-state index contributed by atoms with van der Waals surface area (Å²) in [5.74, 6) is 2.15. The molecule has 1 heterocycles. The fraction of sp³-hybridized carbons (Fsp3) is 0.750. The van der Waals surface area contributed by atoms with Gasteiger partial charge in [0.2, 0.25) is 0 Å². The number of aliphatic hydroxyl groups is 1. The van der Waals surface area contributed by atoms with Crippen LogP contribution in [0.2, 0.25) is 5.02 Å². The van der Waals surface area contributed by atoms with Crippen LogP contribution in [0.1, 0.15) is 32.2 Å². The van der Waals surface area contributed by atoms with Crippen molar-refractivity contribution in [3.05, 3.63) is 16.4 Å². The van der Waals surface area contributed by atoms with Crippen LogP contribution < -0.4 is 0 Å². The summed E-state index contributed by atoms with van der Waals surface area (Å²) in [6.07, 6.45) is 0.872. The van der Waals surface area contributed by atoms with Gasteiger partial charge in [0.1, 0.15) is 0 Å². The molecule has 0 bridgehead atoms. The lowest BCUT2D eigenvalue weighted by molar-refractivity contribution is 0.250. The minimum absolute atomic E-state index is 0.244. The summed E-state index contributed by atoms with van der Waals surface area (Å²) < 4.78 is 1.98. The van der Waals surface area contributed by atoms with Gasteiger partial charge in [-0.05, 0) is 25.0 Å². The summed E-state index contributed by atoms with van der Waals surface area (Å²) >= 11 is 8.11. The largest absolute Gasteiger partial charge is 0.396 e. The first-order chi connectivity index (χ1) is 8.13. The maximum absolute atomic E-state index is 8.97. The molecule has 1 atom stereocenters. The molecule has 98 valence electrons. The molecule has 5 heteroatoms. The van der Waals surface area contributed by atoms with Crippen molar-refractivity contribution in [3.8, 4) is 0 Å². The second-order valence-electron chi connectivity index (χ2n) is 4.18. The van der Waals surface area contributed by atoms with Crippen molar-refractivity contribution in [2.45, 2.75) is 39.5 Å². The molecule has 1 aromatic rings. The van der Waals surface area contributed by atoms with Gasteiger partial charge in [-0.3, -0.25) is 4.68 Å². The molecule has 1 unspecified atom stereocenters. The number of hydrogen-bond acceptors (Lipinski definition) is 3. The smallest absolute Gasteiger partial charge is 0.0858 e. The summed E-state index contributed by atoms with van der Waals surface area (Å²) in [6.45, 7) is 7.29. The van der Waals surface area contributed by atoms with Crippen LogP contribution in [0.15, 0.2) is 0 Å². The average molecular weight is 277 g/mol. The minimum Gasteiger partial charge on any atom is -0.396 e. The summed E-state index contributed by atoms with van der Waals surface area (Å²) in [6, 6.07) is 0. The zero-order valence-electron chi connectivity index (χ0n) is 10.7. The van der Waals surface area contributed by atoms with Crippen LogP contribution in [0.25, 0.3) is 0 Å². The molecule has 0 fully saturated rings. The van der Waals surface area contributed by atoms with Crippen LogP contribution in [0.3, 0.4) is 0 Å². The fourth-order valence-electron chi connectivity index (χ4n) is 1.56. The standard InChI is InChI=1S/C12H21ClN2OS/c1-4-10-12(13)11(15(5-2)14-10)8-17-7-9(3)6-16/h9,16H,4-8H2,1-3H3. The molecule has 1 N–H and O–H groups in total. The third-order valence-electron chi connectivity index (χ3n) is 2.65. The Hall–Kier alpha value is -0.190.